The van der Waals surface area contributed by atoms with Gasteiger partial charge in [0.2, 0.25) is 5.91 Å². The van der Waals surface area contributed by atoms with Crippen molar-refractivity contribution in [2.45, 2.75) is 44.9 Å². The van der Waals surface area contributed by atoms with Crippen molar-refractivity contribution >= 4 is 11.9 Å². The van der Waals surface area contributed by atoms with Crippen LogP contribution in [0.3, 0.4) is 0 Å². The Balaban J connectivity index is 1.77. The van der Waals surface area contributed by atoms with Gasteiger partial charge < -0.3 is 14.7 Å². The molecule has 1 aromatic carbocycles. The topological polar surface area (TPSA) is 66.8 Å². The van der Waals surface area contributed by atoms with Crippen molar-refractivity contribution in [2.24, 2.45) is 5.41 Å². The molecule has 1 fully saturated rings. The van der Waals surface area contributed by atoms with E-state index < -0.39 is 0 Å². The second kappa shape index (κ2) is 9.56. The number of nitrogens with zero attached hydrogens (tertiary/aromatic N) is 1. The van der Waals surface area contributed by atoms with Gasteiger partial charge in [-0.25, -0.2) is 0 Å². The van der Waals surface area contributed by atoms with Crippen molar-refractivity contribution in [3.05, 3.63) is 35.9 Å². The van der Waals surface area contributed by atoms with Crippen molar-refractivity contribution in [1.29, 1.82) is 0 Å². The lowest BCUT2D eigenvalue weighted by atomic mass is 9.75. The molecular formula is C20H29NO4. The lowest BCUT2D eigenvalue weighted by molar-refractivity contribution is -0.141. The zero-order valence-electron chi connectivity index (χ0n) is 15.1. The summed E-state index contributed by atoms with van der Waals surface area (Å²) in [6.45, 7) is 1.54. The van der Waals surface area contributed by atoms with E-state index >= 15 is 0 Å². The Bertz CT molecular complexity index is 550. The summed E-state index contributed by atoms with van der Waals surface area (Å²) in [6, 6.07) is 10.3. The van der Waals surface area contributed by atoms with Gasteiger partial charge in [0.05, 0.1) is 7.11 Å². The monoisotopic (exact) mass is 347 g/mol. The minimum Gasteiger partial charge on any atom is -0.469 e. The molecule has 1 N–H and O–H groups in total. The van der Waals surface area contributed by atoms with Gasteiger partial charge in [-0.1, -0.05) is 30.3 Å². The third-order valence-electron chi connectivity index (χ3n) is 5.30. The van der Waals surface area contributed by atoms with Crippen molar-refractivity contribution in [3.63, 3.8) is 0 Å². The molecule has 1 heterocycles. The maximum Gasteiger partial charge on any atom is 0.305 e. The summed E-state index contributed by atoms with van der Waals surface area (Å²) in [5.74, 6) is -0.176. The summed E-state index contributed by atoms with van der Waals surface area (Å²) in [7, 11) is 1.36. The standard InChI is InChI=1S/C20H29NO4/c1-25-19(24)9-5-8-18(23)21-14-12-20(16-22,13-15-21)11-10-17-6-3-2-4-7-17/h2-4,6-7,22H,5,8-16H2,1H3. The first-order valence-corrected chi connectivity index (χ1v) is 9.08. The molecule has 1 amide bonds. The zero-order valence-corrected chi connectivity index (χ0v) is 15.1. The molecule has 1 saturated heterocycles. The zero-order chi connectivity index (χ0) is 18.1. The molecule has 0 radical (unpaired) electrons. The number of methoxy groups -OCH3 is 1. The normalized spacial score (nSPS) is 16.5. The highest BCUT2D eigenvalue weighted by Gasteiger charge is 2.34. The predicted molar refractivity (Wildman–Crippen MR) is 96.0 cm³/mol. The van der Waals surface area contributed by atoms with Gasteiger partial charge in [0, 0.05) is 32.5 Å². The predicted octanol–water partition coefficient (Wildman–Crippen LogP) is 2.56. The number of benzene rings is 1. The molecule has 25 heavy (non-hydrogen) atoms. The van der Waals surface area contributed by atoms with Crippen LogP contribution in [0.4, 0.5) is 0 Å². The van der Waals surface area contributed by atoms with E-state index in [0.29, 0.717) is 25.9 Å². The Morgan fingerprint density at radius 3 is 2.44 bits per heavy atom. The summed E-state index contributed by atoms with van der Waals surface area (Å²) >= 11 is 0. The molecule has 0 atom stereocenters. The Labute approximate surface area is 150 Å². The number of piperidine rings is 1. The van der Waals surface area contributed by atoms with Gasteiger partial charge in [-0.05, 0) is 43.1 Å². The van der Waals surface area contributed by atoms with Crippen molar-refractivity contribution in [1.82, 2.24) is 4.90 Å². The van der Waals surface area contributed by atoms with Crippen LogP contribution >= 0.6 is 0 Å². The minimum atomic E-state index is -0.272. The number of carbonyl (C=O) groups excluding carboxylic acids is 2. The fraction of sp³-hybridized carbons (Fsp3) is 0.600. The fourth-order valence-electron chi connectivity index (χ4n) is 3.42. The SMILES string of the molecule is COC(=O)CCCC(=O)N1CCC(CO)(CCc2ccccc2)CC1. The largest absolute Gasteiger partial charge is 0.469 e. The van der Waals surface area contributed by atoms with Gasteiger partial charge in [-0.2, -0.15) is 0 Å². The Hall–Kier alpha value is -1.88. The summed E-state index contributed by atoms with van der Waals surface area (Å²) in [5, 5.41) is 9.92. The number of rotatable bonds is 8. The number of aryl methyl sites for hydroxylation is 1. The number of esters is 1. The molecule has 138 valence electrons. The molecule has 0 spiro atoms. The summed E-state index contributed by atoms with van der Waals surface area (Å²) in [5.41, 5.74) is 1.20. The molecule has 1 aromatic rings. The third kappa shape index (κ3) is 5.85. The van der Waals surface area contributed by atoms with E-state index in [1.165, 1.54) is 12.7 Å². The van der Waals surface area contributed by atoms with Crippen LogP contribution in [0.15, 0.2) is 30.3 Å². The second-order valence-corrected chi connectivity index (χ2v) is 6.95. The van der Waals surface area contributed by atoms with E-state index in [1.54, 1.807) is 0 Å². The first-order valence-electron chi connectivity index (χ1n) is 9.08. The fourth-order valence-corrected chi connectivity index (χ4v) is 3.42. The molecule has 1 aliphatic rings. The van der Waals surface area contributed by atoms with Crippen LogP contribution < -0.4 is 0 Å². The molecule has 0 unspecified atom stereocenters. The lowest BCUT2D eigenvalue weighted by Gasteiger charge is -2.41. The number of likely N-dealkylation sites (tertiary alicyclic amines) is 1. The van der Waals surface area contributed by atoms with Crippen molar-refractivity contribution < 1.29 is 19.4 Å². The van der Waals surface area contributed by atoms with Crippen LogP contribution in [0, 0.1) is 5.41 Å². The summed E-state index contributed by atoms with van der Waals surface area (Å²) in [6.07, 6.45) is 4.75. The highest BCUT2D eigenvalue weighted by molar-refractivity contribution is 5.77. The van der Waals surface area contributed by atoms with Gasteiger partial charge in [-0.15, -0.1) is 0 Å². The summed E-state index contributed by atoms with van der Waals surface area (Å²) < 4.78 is 4.59. The van der Waals surface area contributed by atoms with E-state index in [0.717, 1.165) is 25.7 Å². The van der Waals surface area contributed by atoms with Crippen molar-refractivity contribution in [3.8, 4) is 0 Å². The average molecular weight is 347 g/mol. The molecule has 0 bridgehead atoms. The van der Waals surface area contributed by atoms with E-state index in [-0.39, 0.29) is 30.3 Å². The van der Waals surface area contributed by atoms with Gasteiger partial charge >= 0.3 is 5.97 Å². The van der Waals surface area contributed by atoms with Gasteiger partial charge in [0.15, 0.2) is 0 Å². The number of aliphatic hydroxyl groups is 1. The van der Waals surface area contributed by atoms with Crippen LogP contribution in [-0.2, 0) is 20.7 Å². The molecule has 5 heteroatoms. The number of hydrogen-bond acceptors (Lipinski definition) is 4. The van der Waals surface area contributed by atoms with Crippen LogP contribution in [0.2, 0.25) is 0 Å². The summed E-state index contributed by atoms with van der Waals surface area (Å²) in [4.78, 5) is 25.2. The van der Waals surface area contributed by atoms with E-state index in [9.17, 15) is 14.7 Å². The van der Waals surface area contributed by atoms with Gasteiger partial charge in [0.1, 0.15) is 0 Å². The molecule has 0 aliphatic carbocycles. The van der Waals surface area contributed by atoms with Crippen LogP contribution in [-0.4, -0.2) is 48.7 Å². The maximum atomic E-state index is 12.3. The molecule has 5 nitrogen and oxygen atoms in total. The van der Waals surface area contributed by atoms with E-state index in [4.69, 9.17) is 0 Å². The van der Waals surface area contributed by atoms with E-state index in [1.807, 2.05) is 23.1 Å². The van der Waals surface area contributed by atoms with Crippen LogP contribution in [0.5, 0.6) is 0 Å². The molecule has 2 rings (SSSR count). The highest BCUT2D eigenvalue weighted by Crippen LogP contribution is 2.36. The Kier molecular flexibility index (Phi) is 7.44. The van der Waals surface area contributed by atoms with Crippen molar-refractivity contribution in [2.75, 3.05) is 26.8 Å². The maximum absolute atomic E-state index is 12.3. The smallest absolute Gasteiger partial charge is 0.305 e. The molecule has 0 saturated carbocycles. The highest BCUT2D eigenvalue weighted by atomic mass is 16.5. The first kappa shape index (κ1) is 19.4. The lowest BCUT2D eigenvalue weighted by Crippen LogP contribution is -2.44. The molecule has 1 aliphatic heterocycles. The van der Waals surface area contributed by atoms with E-state index in [2.05, 4.69) is 16.9 Å². The average Bonchev–Trinajstić information content (AvgIpc) is 2.67. The number of ether oxygens (including phenoxy) is 1. The Morgan fingerprint density at radius 1 is 1.16 bits per heavy atom. The number of hydrogen-bond donors (Lipinski definition) is 1. The number of aliphatic hydroxyl groups excluding tert-OH is 1. The minimum absolute atomic E-state index is 0.0847. The number of amides is 1. The van der Waals surface area contributed by atoms with Crippen LogP contribution in [0.1, 0.15) is 44.1 Å². The van der Waals surface area contributed by atoms with Gasteiger partial charge in [-0.3, -0.25) is 9.59 Å². The molecule has 0 aromatic heterocycles. The quantitative estimate of drug-likeness (QED) is 0.734. The third-order valence-corrected chi connectivity index (χ3v) is 5.30. The second-order valence-electron chi connectivity index (χ2n) is 6.95. The molecular weight excluding hydrogens is 318 g/mol. The Morgan fingerprint density at radius 2 is 1.84 bits per heavy atom. The van der Waals surface area contributed by atoms with Gasteiger partial charge in [0.25, 0.3) is 0 Å². The van der Waals surface area contributed by atoms with Crippen LogP contribution in [0.25, 0.3) is 0 Å². The number of carbonyl (C=O) groups is 2. The first-order chi connectivity index (χ1) is 12.1.